The van der Waals surface area contributed by atoms with E-state index in [1.165, 1.54) is 0 Å². The van der Waals surface area contributed by atoms with Crippen molar-refractivity contribution in [2.24, 2.45) is 5.92 Å². The van der Waals surface area contributed by atoms with E-state index in [4.69, 9.17) is 4.42 Å². The van der Waals surface area contributed by atoms with Crippen molar-refractivity contribution in [1.29, 1.82) is 0 Å². The number of unbranched alkanes of at least 4 members (excludes halogenated alkanes) is 1. The zero-order valence-electron chi connectivity index (χ0n) is 18.4. The van der Waals surface area contributed by atoms with Crippen LogP contribution < -0.4 is 5.63 Å². The molecule has 0 spiro atoms. The summed E-state index contributed by atoms with van der Waals surface area (Å²) < 4.78 is 5.31. The van der Waals surface area contributed by atoms with E-state index in [1.54, 1.807) is 0 Å². The molecule has 0 aliphatic rings. The highest BCUT2D eigenvalue weighted by molar-refractivity contribution is 6.11. The first-order valence-electron chi connectivity index (χ1n) is 10.5. The molecule has 6 heteroatoms. The molecule has 2 aromatic rings. The van der Waals surface area contributed by atoms with Gasteiger partial charge in [0.05, 0.1) is 11.5 Å². The molecule has 0 fully saturated rings. The first-order chi connectivity index (χ1) is 14.1. The summed E-state index contributed by atoms with van der Waals surface area (Å²) in [5.41, 5.74) is 0.331. The van der Waals surface area contributed by atoms with Crippen LogP contribution in [0.5, 0.6) is 11.5 Å². The molecular weight excluding hydrogens is 384 g/mol. The van der Waals surface area contributed by atoms with Crippen molar-refractivity contribution >= 4 is 16.8 Å². The second kappa shape index (κ2) is 9.94. The molecule has 0 bridgehead atoms. The summed E-state index contributed by atoms with van der Waals surface area (Å²) in [5.74, 6) is -1.02. The molecule has 6 nitrogen and oxygen atoms in total. The number of ketones is 1. The Bertz CT molecular complexity index is 1010. The lowest BCUT2D eigenvalue weighted by Gasteiger charge is -2.18. The Morgan fingerprint density at radius 1 is 1.20 bits per heavy atom. The second-order valence-corrected chi connectivity index (χ2v) is 8.44. The number of hydrogen-bond acceptors (Lipinski definition) is 6. The summed E-state index contributed by atoms with van der Waals surface area (Å²) in [5, 5.41) is 32.7. The quantitative estimate of drug-likeness (QED) is 0.296. The first kappa shape index (κ1) is 23.7. The van der Waals surface area contributed by atoms with Gasteiger partial charge >= 0.3 is 5.63 Å². The summed E-state index contributed by atoms with van der Waals surface area (Å²) >= 11 is 0. The van der Waals surface area contributed by atoms with Gasteiger partial charge in [0.25, 0.3) is 0 Å². The third-order valence-corrected chi connectivity index (χ3v) is 5.04. The third kappa shape index (κ3) is 5.11. The Hall–Kier alpha value is -2.60. The number of rotatable bonds is 9. The SMILES string of the molecule is CCCC[C@H](O)c1cc(=O)oc2c(C(=O)CC(C)C)c(O)c(CC=C(C)C)c(O)c12. The summed E-state index contributed by atoms with van der Waals surface area (Å²) in [7, 11) is 0. The Kier molecular flexibility index (Phi) is 7.84. The normalized spacial score (nSPS) is 12.4. The molecule has 0 aliphatic heterocycles. The van der Waals surface area contributed by atoms with Crippen molar-refractivity contribution < 1.29 is 24.5 Å². The van der Waals surface area contributed by atoms with Crippen molar-refractivity contribution in [2.45, 2.75) is 72.8 Å². The number of benzene rings is 1. The number of aliphatic hydroxyl groups excluding tert-OH is 1. The van der Waals surface area contributed by atoms with E-state index >= 15 is 0 Å². The minimum Gasteiger partial charge on any atom is -0.507 e. The molecule has 0 unspecified atom stereocenters. The standard InChI is InChI=1S/C24H32O6/c1-6-7-8-17(25)16-12-19(27)30-24-20(16)22(28)15(10-9-13(2)3)23(29)21(24)18(26)11-14(4)5/h9,12,14,17,25,28-29H,6-8,10-11H2,1-5H3/t17-/m0/s1. The van der Waals surface area contributed by atoms with Gasteiger partial charge in [-0.2, -0.15) is 0 Å². The molecule has 3 N–H and O–H groups in total. The van der Waals surface area contributed by atoms with E-state index < -0.39 is 11.7 Å². The third-order valence-electron chi connectivity index (χ3n) is 5.04. The summed E-state index contributed by atoms with van der Waals surface area (Å²) in [6.07, 6.45) is 3.14. The van der Waals surface area contributed by atoms with Gasteiger partial charge in [0.1, 0.15) is 17.1 Å². The van der Waals surface area contributed by atoms with Crippen molar-refractivity contribution in [1.82, 2.24) is 0 Å². The summed E-state index contributed by atoms with van der Waals surface area (Å²) in [4.78, 5) is 25.2. The van der Waals surface area contributed by atoms with Crippen molar-refractivity contribution in [3.63, 3.8) is 0 Å². The summed E-state index contributed by atoms with van der Waals surface area (Å²) in [6, 6.07) is 1.15. The minimum atomic E-state index is -1.00. The highest BCUT2D eigenvalue weighted by atomic mass is 16.4. The van der Waals surface area contributed by atoms with E-state index in [2.05, 4.69) is 0 Å². The average molecular weight is 417 g/mol. The lowest BCUT2D eigenvalue weighted by molar-refractivity contribution is 0.0965. The van der Waals surface area contributed by atoms with E-state index in [0.29, 0.717) is 6.42 Å². The maximum absolute atomic E-state index is 13.0. The highest BCUT2D eigenvalue weighted by Gasteiger charge is 2.28. The highest BCUT2D eigenvalue weighted by Crippen LogP contribution is 2.43. The van der Waals surface area contributed by atoms with E-state index in [9.17, 15) is 24.9 Å². The predicted molar refractivity (Wildman–Crippen MR) is 117 cm³/mol. The molecule has 1 aromatic heterocycles. The van der Waals surface area contributed by atoms with Crippen LogP contribution in [0.4, 0.5) is 0 Å². The summed E-state index contributed by atoms with van der Waals surface area (Å²) in [6.45, 7) is 9.51. The molecule has 1 aromatic carbocycles. The smallest absolute Gasteiger partial charge is 0.336 e. The molecule has 0 saturated heterocycles. The molecule has 30 heavy (non-hydrogen) atoms. The Balaban J connectivity index is 2.92. The van der Waals surface area contributed by atoms with Gasteiger partial charge in [-0.15, -0.1) is 0 Å². The van der Waals surface area contributed by atoms with E-state index in [-0.39, 0.29) is 63.7 Å². The van der Waals surface area contributed by atoms with E-state index in [0.717, 1.165) is 24.5 Å². The fourth-order valence-electron chi connectivity index (χ4n) is 3.50. The number of phenols is 2. The fourth-order valence-corrected chi connectivity index (χ4v) is 3.50. The topological polar surface area (TPSA) is 108 Å². The van der Waals surface area contributed by atoms with Crippen LogP contribution in [0, 0.1) is 5.92 Å². The Labute approximate surface area is 176 Å². The van der Waals surface area contributed by atoms with Crippen LogP contribution in [0.2, 0.25) is 0 Å². The van der Waals surface area contributed by atoms with Crippen molar-refractivity contribution in [2.75, 3.05) is 0 Å². The van der Waals surface area contributed by atoms with Gasteiger partial charge in [0.15, 0.2) is 11.4 Å². The maximum atomic E-state index is 13.0. The Morgan fingerprint density at radius 3 is 2.43 bits per heavy atom. The van der Waals surface area contributed by atoms with Gasteiger partial charge in [-0.1, -0.05) is 45.3 Å². The number of allylic oxidation sites excluding steroid dienone is 2. The zero-order chi connectivity index (χ0) is 22.6. The van der Waals surface area contributed by atoms with Crippen LogP contribution in [-0.2, 0) is 6.42 Å². The number of carbonyl (C=O) groups is 1. The Morgan fingerprint density at radius 2 is 1.87 bits per heavy atom. The zero-order valence-corrected chi connectivity index (χ0v) is 18.4. The molecular formula is C24H32O6. The van der Waals surface area contributed by atoms with Gasteiger partial charge in [-0.05, 0) is 32.6 Å². The minimum absolute atomic E-state index is 0.0204. The molecule has 1 atom stereocenters. The number of Topliss-reactive ketones (excluding diaryl/α,β-unsaturated/α-hetero) is 1. The number of aliphatic hydroxyl groups is 1. The van der Waals surface area contributed by atoms with Crippen LogP contribution in [0.15, 0.2) is 26.9 Å². The molecule has 2 rings (SSSR count). The number of phenolic OH excluding ortho intramolecular Hbond substituents is 2. The average Bonchev–Trinajstić information content (AvgIpc) is 2.64. The van der Waals surface area contributed by atoms with Gasteiger partial charge in [-0.3, -0.25) is 4.79 Å². The van der Waals surface area contributed by atoms with Crippen LogP contribution >= 0.6 is 0 Å². The molecule has 0 radical (unpaired) electrons. The van der Waals surface area contributed by atoms with Crippen LogP contribution in [0.1, 0.15) is 87.9 Å². The van der Waals surface area contributed by atoms with Crippen molar-refractivity contribution in [3.05, 3.63) is 44.8 Å². The number of carbonyl (C=O) groups excluding carboxylic acids is 1. The molecule has 1 heterocycles. The maximum Gasteiger partial charge on any atom is 0.336 e. The van der Waals surface area contributed by atoms with Gasteiger partial charge in [-0.25, -0.2) is 4.79 Å². The molecule has 0 aliphatic carbocycles. The largest absolute Gasteiger partial charge is 0.507 e. The van der Waals surface area contributed by atoms with Gasteiger partial charge < -0.3 is 19.7 Å². The van der Waals surface area contributed by atoms with Crippen LogP contribution in [-0.4, -0.2) is 21.1 Å². The lowest BCUT2D eigenvalue weighted by Crippen LogP contribution is -2.11. The number of fused-ring (bicyclic) bond motifs is 1. The van der Waals surface area contributed by atoms with Crippen LogP contribution in [0.3, 0.4) is 0 Å². The lowest BCUT2D eigenvalue weighted by atomic mass is 9.90. The monoisotopic (exact) mass is 416 g/mol. The van der Waals surface area contributed by atoms with Crippen LogP contribution in [0.25, 0.3) is 11.0 Å². The van der Waals surface area contributed by atoms with Gasteiger partial charge in [0, 0.05) is 23.6 Å². The molecule has 164 valence electrons. The van der Waals surface area contributed by atoms with E-state index in [1.807, 2.05) is 40.7 Å². The number of aromatic hydroxyl groups is 2. The van der Waals surface area contributed by atoms with Gasteiger partial charge in [0.2, 0.25) is 0 Å². The predicted octanol–water partition coefficient (Wildman–Crippen LogP) is 5.17. The molecule has 0 amide bonds. The number of hydrogen-bond donors (Lipinski definition) is 3. The first-order valence-corrected chi connectivity index (χ1v) is 10.5. The molecule has 0 saturated carbocycles. The van der Waals surface area contributed by atoms with Crippen molar-refractivity contribution in [3.8, 4) is 11.5 Å². The second-order valence-electron chi connectivity index (χ2n) is 8.44. The fraction of sp³-hybridized carbons (Fsp3) is 0.500.